The minimum absolute atomic E-state index is 0.0627. The van der Waals surface area contributed by atoms with Crippen molar-refractivity contribution in [2.75, 3.05) is 24.3 Å². The minimum Gasteiger partial charge on any atom is -0.373 e. The molecule has 0 saturated heterocycles. The number of carbonyl (C=O) groups is 1. The fourth-order valence-electron chi connectivity index (χ4n) is 4.93. The molecule has 0 saturated carbocycles. The Balaban J connectivity index is 1.62. The zero-order valence-electron chi connectivity index (χ0n) is 21.4. The maximum atomic E-state index is 14.1. The molecule has 40 heavy (non-hydrogen) atoms. The van der Waals surface area contributed by atoms with Crippen LogP contribution in [0.2, 0.25) is 0 Å². The number of halogens is 3. The van der Waals surface area contributed by atoms with Crippen molar-refractivity contribution < 1.29 is 18.0 Å². The van der Waals surface area contributed by atoms with Crippen molar-refractivity contribution in [3.63, 3.8) is 0 Å². The van der Waals surface area contributed by atoms with Gasteiger partial charge in [0.05, 0.1) is 16.6 Å². The molecule has 206 valence electrons. The first kappa shape index (κ1) is 27.4. The highest BCUT2D eigenvalue weighted by atomic mass is 32.2. The van der Waals surface area contributed by atoms with Gasteiger partial charge in [-0.2, -0.15) is 13.2 Å². The molecule has 0 spiro atoms. The van der Waals surface area contributed by atoms with Gasteiger partial charge in [-0.05, 0) is 46.9 Å². The van der Waals surface area contributed by atoms with Crippen LogP contribution in [0.15, 0.2) is 75.8 Å². The van der Waals surface area contributed by atoms with E-state index in [1.807, 2.05) is 24.3 Å². The Morgan fingerprint density at radius 2 is 1.88 bits per heavy atom. The van der Waals surface area contributed by atoms with Gasteiger partial charge < -0.3 is 16.0 Å². The molecule has 0 aliphatic carbocycles. The summed E-state index contributed by atoms with van der Waals surface area (Å²) in [6, 6.07) is 12.5. The van der Waals surface area contributed by atoms with Crippen molar-refractivity contribution in [3.05, 3.63) is 103 Å². The highest BCUT2D eigenvalue weighted by Gasteiger charge is 2.46. The summed E-state index contributed by atoms with van der Waals surface area (Å²) in [6.45, 7) is 0.180. The Hall–Kier alpha value is -4.16. The predicted molar refractivity (Wildman–Crippen MR) is 150 cm³/mol. The number of nitrogens with zero attached hydrogens (tertiary/aromatic N) is 2. The Labute approximate surface area is 230 Å². The van der Waals surface area contributed by atoms with Crippen molar-refractivity contribution >= 4 is 45.6 Å². The number of carbonyl (C=O) groups excluding carboxylic acids is 1. The first-order valence-electron chi connectivity index (χ1n) is 12.1. The molecule has 1 aliphatic heterocycles. The lowest BCUT2D eigenvalue weighted by atomic mass is 9.84. The number of nitrogens with one attached hydrogen (secondary N) is 2. The summed E-state index contributed by atoms with van der Waals surface area (Å²) in [4.78, 5) is 42.7. The number of hydrogen-bond donors (Lipinski definition) is 3. The van der Waals surface area contributed by atoms with Gasteiger partial charge in [-0.3, -0.25) is 24.7 Å². The molecule has 0 fully saturated rings. The van der Waals surface area contributed by atoms with Gasteiger partial charge in [0.2, 0.25) is 5.91 Å². The fraction of sp³-hybridized carbons (Fsp3) is 0.214. The predicted octanol–water partition coefficient (Wildman–Crippen LogP) is 3.76. The fourth-order valence-corrected chi connectivity index (χ4v) is 6.03. The third-order valence-electron chi connectivity index (χ3n) is 6.87. The number of para-hydroxylation sites is 1. The first-order valence-corrected chi connectivity index (χ1v) is 13.1. The number of thioether (sulfide) groups is 1. The summed E-state index contributed by atoms with van der Waals surface area (Å²) < 4.78 is 42.3. The van der Waals surface area contributed by atoms with E-state index in [0.717, 1.165) is 40.4 Å². The molecule has 0 radical (unpaired) electrons. The van der Waals surface area contributed by atoms with Crippen LogP contribution in [0.3, 0.4) is 0 Å². The monoisotopic (exact) mass is 567 g/mol. The van der Waals surface area contributed by atoms with E-state index in [-0.39, 0.29) is 29.2 Å². The van der Waals surface area contributed by atoms with Crippen LogP contribution in [0, 0.1) is 0 Å². The van der Waals surface area contributed by atoms with Crippen LogP contribution in [0.1, 0.15) is 16.7 Å². The standard InChI is InChI=1S/C28H24F3N5O3S/c1-36(2)22-21(23(37)24(22)38)35-18-12-16(11-17(13-18)28(29,30)31)27(8-10-40-25(27)26(32)39)34-14-15-7-9-33-20-6-4-3-5-19(15)20/h3-13,25,34-35H,14H2,1-2H3,(H2,32,39). The second-order valence-corrected chi connectivity index (χ2v) is 10.6. The Morgan fingerprint density at radius 1 is 1.12 bits per heavy atom. The molecule has 12 heteroatoms. The van der Waals surface area contributed by atoms with Gasteiger partial charge in [0.25, 0.3) is 10.9 Å². The number of benzene rings is 2. The van der Waals surface area contributed by atoms with Crippen LogP contribution >= 0.6 is 11.8 Å². The van der Waals surface area contributed by atoms with Crippen molar-refractivity contribution in [1.29, 1.82) is 0 Å². The number of anilines is 3. The summed E-state index contributed by atoms with van der Waals surface area (Å²) in [5.74, 6) is -0.716. The first-order chi connectivity index (χ1) is 18.9. The number of amides is 1. The number of pyridine rings is 1. The van der Waals surface area contributed by atoms with E-state index in [1.165, 1.54) is 11.0 Å². The molecule has 2 heterocycles. The molecule has 8 nitrogen and oxygen atoms in total. The summed E-state index contributed by atoms with van der Waals surface area (Å²) >= 11 is 1.10. The highest BCUT2D eigenvalue weighted by molar-refractivity contribution is 8.03. The average molecular weight is 568 g/mol. The van der Waals surface area contributed by atoms with Crippen LogP contribution in [0.25, 0.3) is 10.9 Å². The van der Waals surface area contributed by atoms with Crippen molar-refractivity contribution in [2.24, 2.45) is 5.73 Å². The molecule has 4 aromatic rings. The zero-order valence-corrected chi connectivity index (χ0v) is 22.2. The van der Waals surface area contributed by atoms with Gasteiger partial charge in [0.1, 0.15) is 16.6 Å². The second kappa shape index (κ2) is 10.1. The SMILES string of the molecule is CN(C)c1c(Nc2cc(C(F)(F)F)cc(C3(NCc4ccnc5ccccc45)C=CSC3C(N)=O)c2)c(=O)c1=O. The molecule has 0 bridgehead atoms. The van der Waals surface area contributed by atoms with Gasteiger partial charge in [-0.1, -0.05) is 24.3 Å². The van der Waals surface area contributed by atoms with Crippen LogP contribution in [0.4, 0.5) is 30.2 Å². The third-order valence-corrected chi connectivity index (χ3v) is 8.04. The number of fused-ring (bicyclic) bond motifs is 1. The van der Waals surface area contributed by atoms with E-state index in [9.17, 15) is 27.6 Å². The van der Waals surface area contributed by atoms with E-state index in [1.54, 1.807) is 37.8 Å². The van der Waals surface area contributed by atoms with E-state index < -0.39 is 39.3 Å². The molecular weight excluding hydrogens is 543 g/mol. The summed E-state index contributed by atoms with van der Waals surface area (Å²) in [5.41, 5.74) is 3.34. The number of hydrogen-bond acceptors (Lipinski definition) is 8. The van der Waals surface area contributed by atoms with Crippen molar-refractivity contribution in [1.82, 2.24) is 10.3 Å². The average Bonchev–Trinajstić information content (AvgIpc) is 3.36. The third kappa shape index (κ3) is 4.73. The number of primary amides is 1. The second-order valence-electron chi connectivity index (χ2n) is 9.63. The van der Waals surface area contributed by atoms with E-state index in [2.05, 4.69) is 15.6 Å². The van der Waals surface area contributed by atoms with Gasteiger partial charge >= 0.3 is 6.18 Å². The quantitative estimate of drug-likeness (QED) is 0.276. The molecular formula is C28H24F3N5O3S. The van der Waals surface area contributed by atoms with Gasteiger partial charge in [-0.25, -0.2) is 0 Å². The van der Waals surface area contributed by atoms with Crippen molar-refractivity contribution in [3.8, 4) is 0 Å². The zero-order chi connectivity index (χ0) is 28.8. The molecule has 4 N–H and O–H groups in total. The lowest BCUT2D eigenvalue weighted by molar-refractivity contribution is -0.137. The Morgan fingerprint density at radius 3 is 2.58 bits per heavy atom. The van der Waals surface area contributed by atoms with E-state index in [4.69, 9.17) is 5.73 Å². The van der Waals surface area contributed by atoms with Crippen LogP contribution in [-0.4, -0.2) is 30.2 Å². The number of alkyl halides is 3. The minimum atomic E-state index is -4.75. The molecule has 2 unspecified atom stereocenters. The van der Waals surface area contributed by atoms with Gasteiger partial charge in [0, 0.05) is 37.9 Å². The molecule has 1 amide bonds. The van der Waals surface area contributed by atoms with Crippen molar-refractivity contribution in [2.45, 2.75) is 23.5 Å². The summed E-state index contributed by atoms with van der Waals surface area (Å²) in [7, 11) is 3.11. The van der Waals surface area contributed by atoms with E-state index >= 15 is 0 Å². The maximum absolute atomic E-state index is 14.1. The lowest BCUT2D eigenvalue weighted by Crippen LogP contribution is -2.52. The maximum Gasteiger partial charge on any atom is 0.416 e. The number of rotatable bonds is 8. The Bertz CT molecular complexity index is 1720. The highest BCUT2D eigenvalue weighted by Crippen LogP contribution is 2.44. The Kier molecular flexibility index (Phi) is 6.92. The largest absolute Gasteiger partial charge is 0.416 e. The smallest absolute Gasteiger partial charge is 0.373 e. The van der Waals surface area contributed by atoms with Crippen LogP contribution in [-0.2, 0) is 23.1 Å². The molecule has 1 aromatic heterocycles. The molecule has 3 aromatic carbocycles. The number of nitrogens with two attached hydrogens (primary N) is 1. The van der Waals surface area contributed by atoms with Gasteiger partial charge in [0.15, 0.2) is 0 Å². The molecule has 1 aliphatic rings. The normalized spacial score (nSPS) is 18.9. The summed E-state index contributed by atoms with van der Waals surface area (Å²) in [6.07, 6.45) is -1.49. The molecule has 5 rings (SSSR count). The van der Waals surface area contributed by atoms with Gasteiger partial charge in [-0.15, -0.1) is 11.8 Å². The van der Waals surface area contributed by atoms with Crippen LogP contribution < -0.4 is 32.1 Å². The van der Waals surface area contributed by atoms with Crippen LogP contribution in [0.5, 0.6) is 0 Å². The summed E-state index contributed by atoms with van der Waals surface area (Å²) in [5, 5.41) is 7.52. The lowest BCUT2D eigenvalue weighted by Gasteiger charge is -2.35. The number of aromatic nitrogens is 1. The topological polar surface area (TPSA) is 117 Å². The molecule has 2 atom stereocenters. The van der Waals surface area contributed by atoms with E-state index in [0.29, 0.717) is 0 Å².